The first-order valence-corrected chi connectivity index (χ1v) is 11.4. The molecule has 35 heavy (non-hydrogen) atoms. The Labute approximate surface area is 205 Å². The molecule has 0 amide bonds. The van der Waals surface area contributed by atoms with Gasteiger partial charge < -0.3 is 14.6 Å². The van der Waals surface area contributed by atoms with Crippen LogP contribution >= 0.6 is 0 Å². The van der Waals surface area contributed by atoms with Crippen molar-refractivity contribution in [2.75, 3.05) is 20.8 Å². The van der Waals surface area contributed by atoms with Crippen LogP contribution in [0.1, 0.15) is 16.8 Å². The second-order valence-electron chi connectivity index (χ2n) is 8.10. The van der Waals surface area contributed by atoms with Crippen LogP contribution in [0.25, 0.3) is 5.69 Å². The zero-order valence-electron chi connectivity index (χ0n) is 20.5. The molecule has 1 N–H and O–H groups in total. The van der Waals surface area contributed by atoms with Gasteiger partial charge in [0.15, 0.2) is 17.0 Å². The van der Waals surface area contributed by atoms with E-state index in [0.717, 1.165) is 40.1 Å². The summed E-state index contributed by atoms with van der Waals surface area (Å²) in [5, 5.41) is 9.55. The van der Waals surface area contributed by atoms with Gasteiger partial charge in [-0.05, 0) is 66.9 Å². The highest BCUT2D eigenvalue weighted by atomic mass is 16.5. The molecule has 0 radical (unpaired) electrons. The van der Waals surface area contributed by atoms with Gasteiger partial charge in [0.25, 0.3) is 0 Å². The summed E-state index contributed by atoms with van der Waals surface area (Å²) in [6.07, 6.45) is 2.57. The van der Waals surface area contributed by atoms with Gasteiger partial charge >= 0.3 is 0 Å². The molecule has 7 nitrogen and oxygen atoms in total. The topological polar surface area (TPSA) is 73.3 Å². The molecule has 7 heteroatoms. The van der Waals surface area contributed by atoms with Gasteiger partial charge in [-0.1, -0.05) is 30.3 Å². The molecule has 1 aromatic heterocycles. The molecule has 0 spiro atoms. The summed E-state index contributed by atoms with van der Waals surface area (Å²) >= 11 is 0. The van der Waals surface area contributed by atoms with Gasteiger partial charge in [0, 0.05) is 19.8 Å². The highest BCUT2D eigenvalue weighted by Gasteiger charge is 2.14. The average Bonchev–Trinajstić information content (AvgIpc) is 3.13. The van der Waals surface area contributed by atoms with Gasteiger partial charge in [0.05, 0.1) is 25.6 Å². The first kappa shape index (κ1) is 23.9. The Balaban J connectivity index is 1.76. The Morgan fingerprint density at radius 1 is 0.914 bits per heavy atom. The Kier molecular flexibility index (Phi) is 7.35. The monoisotopic (exact) mass is 470 g/mol. The highest BCUT2D eigenvalue weighted by molar-refractivity contribution is 5.83. The number of methoxy groups -OCH3 is 2. The number of hydrogen-bond donors (Lipinski definition) is 1. The molecular formula is C28H30N4O3. The minimum atomic E-state index is 0.262. The summed E-state index contributed by atoms with van der Waals surface area (Å²) in [4.78, 5) is 9.84. The van der Waals surface area contributed by atoms with Crippen molar-refractivity contribution >= 4 is 11.9 Å². The Morgan fingerprint density at radius 3 is 2.31 bits per heavy atom. The SMILES string of the molecule is COc1ccc(C=Nc2c(C)n(C)n(-c3ccccc3)c2=NCCc2ccc(O)cc2)cc1OC. The number of ether oxygens (including phenoxy) is 2. The third-order valence-electron chi connectivity index (χ3n) is 5.89. The molecule has 0 unspecified atom stereocenters. The molecule has 3 aromatic carbocycles. The summed E-state index contributed by atoms with van der Waals surface area (Å²) in [5.74, 6) is 1.59. The normalized spacial score (nSPS) is 11.8. The maximum Gasteiger partial charge on any atom is 0.175 e. The Hall–Kier alpha value is -4.26. The smallest absolute Gasteiger partial charge is 0.175 e. The zero-order chi connectivity index (χ0) is 24.8. The van der Waals surface area contributed by atoms with E-state index in [2.05, 4.69) is 21.5 Å². The maximum absolute atomic E-state index is 9.55. The second kappa shape index (κ2) is 10.8. The van der Waals surface area contributed by atoms with E-state index < -0.39 is 0 Å². The van der Waals surface area contributed by atoms with Crippen LogP contribution in [0.15, 0.2) is 82.8 Å². The first-order valence-electron chi connectivity index (χ1n) is 11.4. The fraction of sp³-hybridized carbons (Fsp3) is 0.214. The average molecular weight is 471 g/mol. The second-order valence-corrected chi connectivity index (χ2v) is 8.10. The van der Waals surface area contributed by atoms with Crippen molar-refractivity contribution in [1.82, 2.24) is 9.36 Å². The lowest BCUT2D eigenvalue weighted by Crippen LogP contribution is -2.21. The van der Waals surface area contributed by atoms with Crippen molar-refractivity contribution in [3.8, 4) is 22.9 Å². The summed E-state index contributed by atoms with van der Waals surface area (Å²) in [6, 6.07) is 23.1. The third kappa shape index (κ3) is 5.30. The van der Waals surface area contributed by atoms with E-state index in [9.17, 15) is 5.11 Å². The van der Waals surface area contributed by atoms with Crippen molar-refractivity contribution in [3.63, 3.8) is 0 Å². The number of aliphatic imine (C=N–C) groups is 1. The van der Waals surface area contributed by atoms with Crippen molar-refractivity contribution in [3.05, 3.63) is 95.1 Å². The molecular weight excluding hydrogens is 440 g/mol. The molecule has 180 valence electrons. The minimum Gasteiger partial charge on any atom is -0.508 e. The van der Waals surface area contributed by atoms with Crippen LogP contribution in [0, 0.1) is 6.92 Å². The third-order valence-corrected chi connectivity index (χ3v) is 5.89. The molecule has 0 saturated heterocycles. The largest absolute Gasteiger partial charge is 0.508 e. The summed E-state index contributed by atoms with van der Waals surface area (Å²) in [7, 11) is 5.25. The van der Waals surface area contributed by atoms with E-state index in [4.69, 9.17) is 19.5 Å². The number of benzene rings is 3. The van der Waals surface area contributed by atoms with Gasteiger partial charge in [-0.3, -0.25) is 14.7 Å². The lowest BCUT2D eigenvalue weighted by molar-refractivity contribution is 0.355. The lowest BCUT2D eigenvalue weighted by Gasteiger charge is -2.09. The van der Waals surface area contributed by atoms with Crippen molar-refractivity contribution in [2.45, 2.75) is 13.3 Å². The van der Waals surface area contributed by atoms with Gasteiger partial charge in [0.1, 0.15) is 11.4 Å². The minimum absolute atomic E-state index is 0.262. The van der Waals surface area contributed by atoms with Crippen LogP contribution in [-0.2, 0) is 13.5 Å². The molecule has 0 aliphatic carbocycles. The Morgan fingerprint density at radius 2 is 1.63 bits per heavy atom. The predicted octanol–water partition coefficient (Wildman–Crippen LogP) is 4.74. The highest BCUT2D eigenvalue weighted by Crippen LogP contribution is 2.27. The Bertz CT molecular complexity index is 1380. The molecule has 1 heterocycles. The van der Waals surface area contributed by atoms with Crippen LogP contribution in [0.5, 0.6) is 17.2 Å². The van der Waals surface area contributed by atoms with E-state index in [0.29, 0.717) is 18.0 Å². The van der Waals surface area contributed by atoms with Crippen LogP contribution in [-0.4, -0.2) is 41.4 Å². The van der Waals surface area contributed by atoms with Gasteiger partial charge in [0.2, 0.25) is 0 Å². The predicted molar refractivity (Wildman–Crippen MR) is 139 cm³/mol. The number of aromatic nitrogens is 2. The number of nitrogens with zero attached hydrogens (tertiary/aromatic N) is 4. The first-order chi connectivity index (χ1) is 17.0. The number of rotatable bonds is 8. The lowest BCUT2D eigenvalue weighted by atomic mass is 10.1. The molecule has 0 fully saturated rings. The zero-order valence-corrected chi connectivity index (χ0v) is 20.5. The molecule has 0 atom stereocenters. The molecule has 0 aliphatic rings. The van der Waals surface area contributed by atoms with Crippen molar-refractivity contribution in [1.29, 1.82) is 0 Å². The van der Waals surface area contributed by atoms with Crippen molar-refractivity contribution < 1.29 is 14.6 Å². The van der Waals surface area contributed by atoms with Crippen molar-refractivity contribution in [2.24, 2.45) is 17.0 Å². The van der Waals surface area contributed by atoms with Crippen LogP contribution in [0.4, 0.5) is 5.69 Å². The standard InChI is InChI=1S/C28H30N4O3/c1-20-27(30-19-22-12-15-25(34-3)26(18-22)35-4)28(29-17-16-21-10-13-24(33)14-11-21)32(31(20)2)23-8-6-5-7-9-23/h5-15,18-19,33H,16-17H2,1-4H3. The van der Waals surface area contributed by atoms with Gasteiger partial charge in [-0.2, -0.15) is 0 Å². The molecule has 0 bridgehead atoms. The maximum atomic E-state index is 9.55. The molecule has 0 saturated carbocycles. The molecule has 4 rings (SSSR count). The number of phenolic OH excluding ortho intramolecular Hbond substituents is 1. The number of aromatic hydroxyl groups is 1. The van der Waals surface area contributed by atoms with Gasteiger partial charge in [-0.15, -0.1) is 0 Å². The van der Waals surface area contributed by atoms with Gasteiger partial charge in [-0.25, -0.2) is 4.68 Å². The van der Waals surface area contributed by atoms with E-state index in [1.165, 1.54) is 0 Å². The summed E-state index contributed by atoms with van der Waals surface area (Å²) in [6.45, 7) is 2.62. The quantitative estimate of drug-likeness (QED) is 0.378. The fourth-order valence-corrected chi connectivity index (χ4v) is 3.89. The van der Waals surface area contributed by atoms with E-state index in [1.54, 1.807) is 26.4 Å². The van der Waals surface area contributed by atoms with Crippen LogP contribution < -0.4 is 15.0 Å². The number of phenols is 1. The summed E-state index contributed by atoms with van der Waals surface area (Å²) in [5.41, 5.74) is 5.60. The fourth-order valence-electron chi connectivity index (χ4n) is 3.89. The van der Waals surface area contributed by atoms with E-state index >= 15 is 0 Å². The molecule has 4 aromatic rings. The van der Waals surface area contributed by atoms with E-state index in [-0.39, 0.29) is 5.75 Å². The van der Waals surface area contributed by atoms with Crippen LogP contribution in [0.3, 0.4) is 0 Å². The van der Waals surface area contributed by atoms with Crippen LogP contribution in [0.2, 0.25) is 0 Å². The van der Waals surface area contributed by atoms with E-state index in [1.807, 2.05) is 68.7 Å². The summed E-state index contributed by atoms with van der Waals surface area (Å²) < 4.78 is 14.9. The number of hydrogen-bond acceptors (Lipinski definition) is 5. The molecule has 0 aliphatic heterocycles. The number of para-hydroxylation sites is 1.